The van der Waals surface area contributed by atoms with Gasteiger partial charge >= 0.3 is 5.97 Å². The van der Waals surface area contributed by atoms with Gasteiger partial charge in [-0.3, -0.25) is 0 Å². The van der Waals surface area contributed by atoms with Crippen LogP contribution in [0.5, 0.6) is 0 Å². The maximum absolute atomic E-state index is 10.6. The lowest BCUT2D eigenvalue weighted by molar-refractivity contribution is -0.553. The lowest BCUT2D eigenvalue weighted by Gasteiger charge is -1.89. The van der Waals surface area contributed by atoms with Gasteiger partial charge in [0, 0.05) is 22.5 Å². The van der Waals surface area contributed by atoms with E-state index in [0.717, 1.165) is 0 Å². The standard InChI is InChI=1S/C5H7NO3/c7-5(8)4-2-1-3-6(4)9/h4H,1-3H2/p+1. The molecule has 1 saturated heterocycles. The first kappa shape index (κ1) is 6.19. The van der Waals surface area contributed by atoms with Crippen molar-refractivity contribution < 1.29 is 14.7 Å². The SMILES string of the molecule is O=C(O)C1CCC[N+]1=O. The molecule has 1 aliphatic heterocycles. The zero-order chi connectivity index (χ0) is 6.85. The molecule has 0 aromatic rings. The van der Waals surface area contributed by atoms with Crippen LogP contribution in [0.4, 0.5) is 0 Å². The van der Waals surface area contributed by atoms with Gasteiger partial charge in [0.1, 0.15) is 0 Å². The maximum atomic E-state index is 10.6. The van der Waals surface area contributed by atoms with Crippen LogP contribution in [0.3, 0.4) is 0 Å². The van der Waals surface area contributed by atoms with Crippen LogP contribution in [-0.2, 0) is 4.79 Å². The first-order valence-corrected chi connectivity index (χ1v) is 2.88. The van der Waals surface area contributed by atoms with Crippen molar-refractivity contribution in [2.24, 2.45) is 0 Å². The Balaban J connectivity index is 2.60. The first-order valence-electron chi connectivity index (χ1n) is 2.88. The minimum absolute atomic E-state index is 0.372. The van der Waals surface area contributed by atoms with E-state index in [1.54, 1.807) is 0 Å². The molecule has 9 heavy (non-hydrogen) atoms. The van der Waals surface area contributed by atoms with E-state index in [4.69, 9.17) is 5.11 Å². The Bertz CT molecular complexity index is 154. The van der Waals surface area contributed by atoms with Crippen molar-refractivity contribution in [3.8, 4) is 0 Å². The van der Waals surface area contributed by atoms with E-state index in [1.807, 2.05) is 0 Å². The number of nitroso groups, excluding NO2 is 1. The van der Waals surface area contributed by atoms with Gasteiger partial charge in [-0.15, -0.1) is 0 Å². The Morgan fingerprint density at radius 2 is 2.33 bits per heavy atom. The second-order valence-electron chi connectivity index (χ2n) is 2.14. The molecule has 0 bridgehead atoms. The number of rotatable bonds is 1. The van der Waals surface area contributed by atoms with Crippen LogP contribution in [0.2, 0.25) is 0 Å². The molecule has 0 amide bonds. The topological polar surface area (TPSA) is 57.4 Å². The third-order valence-electron chi connectivity index (χ3n) is 1.49. The van der Waals surface area contributed by atoms with Gasteiger partial charge < -0.3 is 5.11 Å². The normalized spacial score (nSPS) is 26.7. The van der Waals surface area contributed by atoms with Gasteiger partial charge in [-0.25, -0.2) is 4.79 Å². The highest BCUT2D eigenvalue weighted by molar-refractivity contribution is 5.72. The molecule has 0 spiro atoms. The molecule has 0 aromatic carbocycles. The van der Waals surface area contributed by atoms with Crippen LogP contribution < -0.4 is 0 Å². The van der Waals surface area contributed by atoms with Gasteiger partial charge in [-0.1, -0.05) is 0 Å². The zero-order valence-corrected chi connectivity index (χ0v) is 4.91. The first-order chi connectivity index (χ1) is 4.22. The molecule has 1 fully saturated rings. The van der Waals surface area contributed by atoms with Crippen LogP contribution in [0.15, 0.2) is 0 Å². The van der Waals surface area contributed by atoms with Gasteiger partial charge in [0.25, 0.3) is 6.04 Å². The summed E-state index contributed by atoms with van der Waals surface area (Å²) >= 11 is 0. The Morgan fingerprint density at radius 1 is 1.67 bits per heavy atom. The van der Waals surface area contributed by atoms with Gasteiger partial charge in [-0.05, 0) is 0 Å². The molecule has 1 N–H and O–H groups in total. The third kappa shape index (κ3) is 1.06. The number of carboxylic acid groups (broad SMARTS) is 1. The number of hydrogen-bond donors (Lipinski definition) is 1. The molecular weight excluding hydrogens is 122 g/mol. The van der Waals surface area contributed by atoms with Crippen molar-refractivity contribution in [3.05, 3.63) is 4.91 Å². The third-order valence-corrected chi connectivity index (χ3v) is 1.49. The van der Waals surface area contributed by atoms with E-state index in [1.165, 1.54) is 0 Å². The molecule has 4 nitrogen and oxygen atoms in total. The Hall–Kier alpha value is -0.930. The predicted octanol–water partition coefficient (Wildman–Crippen LogP) is 0.0123. The summed E-state index contributed by atoms with van der Waals surface area (Å²) < 4.78 is 0.627. The number of aliphatic carboxylic acids is 1. The van der Waals surface area contributed by atoms with Crippen LogP contribution in [0, 0.1) is 4.91 Å². The van der Waals surface area contributed by atoms with Crippen molar-refractivity contribution in [2.45, 2.75) is 18.9 Å². The summed E-state index contributed by atoms with van der Waals surface area (Å²) in [5, 5.41) is 8.34. The van der Waals surface area contributed by atoms with Gasteiger partial charge in [-0.2, -0.15) is 0 Å². The lowest BCUT2D eigenvalue weighted by atomic mass is 10.2. The minimum atomic E-state index is -0.998. The van der Waals surface area contributed by atoms with Gasteiger partial charge in [0.05, 0.1) is 0 Å². The summed E-state index contributed by atoms with van der Waals surface area (Å²) in [5.41, 5.74) is 0. The fraction of sp³-hybridized carbons (Fsp3) is 0.800. The summed E-state index contributed by atoms with van der Waals surface area (Å²) in [6.07, 6.45) is 1.21. The maximum Gasteiger partial charge on any atom is 0.377 e. The molecule has 0 radical (unpaired) electrons. The Morgan fingerprint density at radius 3 is 2.56 bits per heavy atom. The molecule has 0 aromatic heterocycles. The second kappa shape index (κ2) is 2.13. The van der Waals surface area contributed by atoms with Crippen LogP contribution in [-0.4, -0.2) is 28.4 Å². The lowest BCUT2D eigenvalue weighted by Crippen LogP contribution is -2.26. The Labute approximate surface area is 52.1 Å². The molecular formula is C5H8NO3+. The summed E-state index contributed by atoms with van der Waals surface area (Å²) in [5.74, 6) is -0.998. The molecule has 1 atom stereocenters. The van der Waals surface area contributed by atoms with Crippen molar-refractivity contribution in [1.82, 2.24) is 0 Å². The molecule has 1 aliphatic rings. The molecule has 4 heteroatoms. The van der Waals surface area contributed by atoms with Gasteiger partial charge in [0.15, 0.2) is 6.54 Å². The highest BCUT2D eigenvalue weighted by Gasteiger charge is 2.37. The number of carboxylic acids is 1. The summed E-state index contributed by atoms with van der Waals surface area (Å²) in [4.78, 5) is 20.7. The van der Waals surface area contributed by atoms with Crippen LogP contribution in [0.25, 0.3) is 0 Å². The van der Waals surface area contributed by atoms with E-state index in [2.05, 4.69) is 0 Å². The van der Waals surface area contributed by atoms with Gasteiger partial charge in [0.2, 0.25) is 0 Å². The quantitative estimate of drug-likeness (QED) is 0.509. The van der Waals surface area contributed by atoms with Crippen molar-refractivity contribution >= 4 is 5.97 Å². The second-order valence-corrected chi connectivity index (χ2v) is 2.14. The molecule has 50 valence electrons. The highest BCUT2D eigenvalue weighted by atomic mass is 16.4. The number of nitrogens with zero attached hydrogens (tertiary/aromatic N) is 1. The largest absolute Gasteiger partial charge is 0.476 e. The summed E-state index contributed by atoms with van der Waals surface area (Å²) in [6.45, 7) is 0.372. The molecule has 1 heterocycles. The fourth-order valence-corrected chi connectivity index (χ4v) is 0.987. The van der Waals surface area contributed by atoms with Crippen molar-refractivity contribution in [3.63, 3.8) is 0 Å². The number of carbonyl (C=O) groups is 1. The smallest absolute Gasteiger partial charge is 0.377 e. The van der Waals surface area contributed by atoms with E-state index in [0.29, 0.717) is 24.1 Å². The van der Waals surface area contributed by atoms with E-state index < -0.39 is 12.0 Å². The van der Waals surface area contributed by atoms with E-state index in [9.17, 15) is 9.70 Å². The monoisotopic (exact) mass is 130 g/mol. The molecule has 1 unspecified atom stereocenters. The molecule has 1 rings (SSSR count). The zero-order valence-electron chi connectivity index (χ0n) is 4.91. The Kier molecular flexibility index (Phi) is 1.46. The van der Waals surface area contributed by atoms with E-state index in [-0.39, 0.29) is 0 Å². The average Bonchev–Trinajstić information content (AvgIpc) is 2.13. The predicted molar refractivity (Wildman–Crippen MR) is 29.2 cm³/mol. The fourth-order valence-electron chi connectivity index (χ4n) is 0.987. The number of hydrogen-bond acceptors (Lipinski definition) is 2. The van der Waals surface area contributed by atoms with Crippen molar-refractivity contribution in [1.29, 1.82) is 0 Å². The summed E-state index contributed by atoms with van der Waals surface area (Å²) in [7, 11) is 0. The summed E-state index contributed by atoms with van der Waals surface area (Å²) in [6, 6.07) is -0.773. The van der Waals surface area contributed by atoms with Crippen molar-refractivity contribution in [2.75, 3.05) is 6.54 Å². The van der Waals surface area contributed by atoms with Crippen LogP contribution in [0.1, 0.15) is 12.8 Å². The van der Waals surface area contributed by atoms with E-state index >= 15 is 0 Å². The molecule has 0 aliphatic carbocycles. The van der Waals surface area contributed by atoms with Crippen LogP contribution >= 0.6 is 0 Å². The minimum Gasteiger partial charge on any atom is -0.476 e. The molecule has 0 saturated carbocycles. The average molecular weight is 130 g/mol. The highest BCUT2D eigenvalue weighted by Crippen LogP contribution is 2.10.